The van der Waals surface area contributed by atoms with Crippen LogP contribution in [0, 0.1) is 5.92 Å². The van der Waals surface area contributed by atoms with Crippen LogP contribution in [0.4, 0.5) is 5.69 Å². The molecule has 0 atom stereocenters. The van der Waals surface area contributed by atoms with E-state index in [9.17, 15) is 4.79 Å². The molecule has 0 spiro atoms. The number of anilines is 1. The Morgan fingerprint density at radius 2 is 2.00 bits per heavy atom. The third kappa shape index (κ3) is 6.06. The molecule has 118 valence electrons. The number of benzene rings is 1. The summed E-state index contributed by atoms with van der Waals surface area (Å²) in [6, 6.07) is 6.35. The van der Waals surface area contributed by atoms with E-state index in [0.717, 1.165) is 23.2 Å². The van der Waals surface area contributed by atoms with Gasteiger partial charge in [-0.1, -0.05) is 29.8 Å². The van der Waals surface area contributed by atoms with Gasteiger partial charge in [0.2, 0.25) is 5.91 Å². The highest BCUT2D eigenvalue weighted by molar-refractivity contribution is 9.10. The fourth-order valence-electron chi connectivity index (χ4n) is 2.19. The highest BCUT2D eigenvalue weighted by atomic mass is 79.9. The fourth-order valence-corrected chi connectivity index (χ4v) is 2.59. The summed E-state index contributed by atoms with van der Waals surface area (Å²) in [5.41, 5.74) is 7.61. The highest BCUT2D eigenvalue weighted by Crippen LogP contribution is 2.26. The first-order valence-electron chi connectivity index (χ1n) is 7.35. The molecule has 0 bridgehead atoms. The van der Waals surface area contributed by atoms with E-state index < -0.39 is 0 Å². The van der Waals surface area contributed by atoms with Gasteiger partial charge in [-0.25, -0.2) is 0 Å². The molecule has 5 heteroatoms. The van der Waals surface area contributed by atoms with E-state index in [-0.39, 0.29) is 18.5 Å². The van der Waals surface area contributed by atoms with Crippen LogP contribution < -0.4 is 16.0 Å². The van der Waals surface area contributed by atoms with E-state index in [2.05, 4.69) is 55.0 Å². The maximum Gasteiger partial charge on any atom is 0.236 e. The molecule has 1 aromatic carbocycles. The maximum absolute atomic E-state index is 11.3. The number of primary amides is 1. The normalized spacial score (nSPS) is 11.2. The fraction of sp³-hybridized carbons (Fsp3) is 0.562. The van der Waals surface area contributed by atoms with Gasteiger partial charge in [-0.05, 0) is 50.1 Å². The molecule has 4 nitrogen and oxygen atoms in total. The molecule has 0 saturated carbocycles. The van der Waals surface area contributed by atoms with E-state index in [0.29, 0.717) is 5.92 Å². The summed E-state index contributed by atoms with van der Waals surface area (Å²) in [6.07, 6.45) is 0. The number of amides is 1. The van der Waals surface area contributed by atoms with Crippen LogP contribution in [0.25, 0.3) is 0 Å². The van der Waals surface area contributed by atoms with Gasteiger partial charge in [-0.15, -0.1) is 0 Å². The molecule has 21 heavy (non-hydrogen) atoms. The van der Waals surface area contributed by atoms with Gasteiger partial charge in [0.15, 0.2) is 0 Å². The lowest BCUT2D eigenvalue weighted by molar-refractivity contribution is -0.116. The van der Waals surface area contributed by atoms with Crippen LogP contribution >= 0.6 is 15.9 Å². The molecular formula is C16H26BrN3O. The second-order valence-corrected chi connectivity index (χ2v) is 6.90. The Morgan fingerprint density at radius 3 is 2.52 bits per heavy atom. The van der Waals surface area contributed by atoms with Crippen LogP contribution in [0.5, 0.6) is 0 Å². The average molecular weight is 356 g/mol. The molecule has 0 unspecified atom stereocenters. The number of carbonyl (C=O) groups is 1. The lowest BCUT2D eigenvalue weighted by Gasteiger charge is -2.30. The minimum atomic E-state index is -0.312. The molecule has 0 radical (unpaired) electrons. The monoisotopic (exact) mass is 355 g/mol. The molecule has 0 aliphatic rings. The van der Waals surface area contributed by atoms with Crippen LogP contribution in [0.15, 0.2) is 22.7 Å². The minimum absolute atomic E-state index is 0.211. The van der Waals surface area contributed by atoms with Gasteiger partial charge >= 0.3 is 0 Å². The second kappa shape index (κ2) is 8.39. The lowest BCUT2D eigenvalue weighted by Crippen LogP contribution is -2.39. The lowest BCUT2D eigenvalue weighted by atomic mass is 10.1. The summed E-state index contributed by atoms with van der Waals surface area (Å²) >= 11 is 3.52. The highest BCUT2D eigenvalue weighted by Gasteiger charge is 2.16. The number of rotatable bonds is 8. The maximum atomic E-state index is 11.3. The largest absolute Gasteiger partial charge is 0.368 e. The Balaban J connectivity index is 2.99. The van der Waals surface area contributed by atoms with Gasteiger partial charge in [-0.3, -0.25) is 4.79 Å². The van der Waals surface area contributed by atoms with Gasteiger partial charge in [0.1, 0.15) is 0 Å². The van der Waals surface area contributed by atoms with Crippen LogP contribution in [0.2, 0.25) is 0 Å². The summed E-state index contributed by atoms with van der Waals surface area (Å²) in [7, 11) is 0. The zero-order valence-corrected chi connectivity index (χ0v) is 14.9. The number of hydrogen-bond acceptors (Lipinski definition) is 3. The Morgan fingerprint density at radius 1 is 1.33 bits per heavy atom. The molecular weight excluding hydrogens is 330 g/mol. The first-order chi connectivity index (χ1) is 9.81. The number of nitrogens with zero attached hydrogens (tertiary/aromatic N) is 1. The van der Waals surface area contributed by atoms with Crippen LogP contribution in [0.3, 0.4) is 0 Å². The van der Waals surface area contributed by atoms with Gasteiger partial charge in [-0.2, -0.15) is 0 Å². The summed E-state index contributed by atoms with van der Waals surface area (Å²) in [6.45, 7) is 10.5. The Hall–Kier alpha value is -1.07. The van der Waals surface area contributed by atoms with E-state index in [1.54, 1.807) is 0 Å². The first-order valence-corrected chi connectivity index (χ1v) is 8.14. The Kier molecular flexibility index (Phi) is 7.18. The smallest absolute Gasteiger partial charge is 0.236 e. The predicted molar refractivity (Wildman–Crippen MR) is 92.4 cm³/mol. The number of halogens is 1. The molecule has 0 aromatic heterocycles. The minimum Gasteiger partial charge on any atom is -0.368 e. The van der Waals surface area contributed by atoms with E-state index in [1.807, 2.05) is 17.0 Å². The average Bonchev–Trinajstić information content (AvgIpc) is 2.35. The zero-order chi connectivity index (χ0) is 16.0. The van der Waals surface area contributed by atoms with Gasteiger partial charge in [0, 0.05) is 22.7 Å². The summed E-state index contributed by atoms with van der Waals surface area (Å²) in [4.78, 5) is 13.4. The molecule has 1 rings (SSSR count). The van der Waals surface area contributed by atoms with Crippen molar-refractivity contribution in [1.82, 2.24) is 5.32 Å². The van der Waals surface area contributed by atoms with Crippen molar-refractivity contribution in [2.45, 2.75) is 40.3 Å². The molecule has 0 fully saturated rings. The van der Waals surface area contributed by atoms with Crippen LogP contribution in [-0.2, 0) is 11.3 Å². The Labute approximate surface area is 136 Å². The van der Waals surface area contributed by atoms with Gasteiger partial charge in [0.05, 0.1) is 6.54 Å². The van der Waals surface area contributed by atoms with E-state index >= 15 is 0 Å². The zero-order valence-electron chi connectivity index (χ0n) is 13.3. The van der Waals surface area contributed by atoms with Crippen molar-refractivity contribution < 1.29 is 4.79 Å². The molecule has 3 N–H and O–H groups in total. The van der Waals surface area contributed by atoms with Crippen molar-refractivity contribution in [3.63, 3.8) is 0 Å². The van der Waals surface area contributed by atoms with Crippen molar-refractivity contribution in [2.24, 2.45) is 11.7 Å². The van der Waals surface area contributed by atoms with Crippen molar-refractivity contribution in [1.29, 1.82) is 0 Å². The van der Waals surface area contributed by atoms with E-state index in [4.69, 9.17) is 5.73 Å². The summed E-state index contributed by atoms with van der Waals surface area (Å²) < 4.78 is 1.04. The van der Waals surface area contributed by atoms with E-state index in [1.165, 1.54) is 5.56 Å². The predicted octanol–water partition coefficient (Wildman–Crippen LogP) is 2.89. The topological polar surface area (TPSA) is 58.4 Å². The van der Waals surface area contributed by atoms with Crippen LogP contribution in [-0.4, -0.2) is 25.0 Å². The third-order valence-electron chi connectivity index (χ3n) is 3.17. The molecule has 0 aliphatic carbocycles. The van der Waals surface area contributed by atoms with Crippen molar-refractivity contribution in [3.8, 4) is 0 Å². The molecule has 0 heterocycles. The number of hydrogen-bond donors (Lipinski definition) is 2. The van der Waals surface area contributed by atoms with Crippen molar-refractivity contribution in [2.75, 3.05) is 18.0 Å². The molecule has 0 saturated heterocycles. The SMILES string of the molecule is CC(C)CNCc1cc(Br)ccc1N(CC(N)=O)C(C)C. The summed E-state index contributed by atoms with van der Waals surface area (Å²) in [5.74, 6) is 0.292. The number of nitrogens with one attached hydrogen (secondary N) is 1. The molecule has 0 aliphatic heterocycles. The number of nitrogens with two attached hydrogens (primary N) is 1. The Bertz CT molecular complexity index is 475. The standard InChI is InChI=1S/C16H26BrN3O/c1-11(2)8-19-9-13-7-14(17)5-6-15(13)20(12(3)4)10-16(18)21/h5-7,11-12,19H,8-10H2,1-4H3,(H2,18,21). The van der Waals surface area contributed by atoms with Crippen LogP contribution in [0.1, 0.15) is 33.3 Å². The first kappa shape index (κ1) is 18.0. The van der Waals surface area contributed by atoms with Crippen molar-refractivity contribution >= 4 is 27.5 Å². The van der Waals surface area contributed by atoms with Crippen molar-refractivity contribution in [3.05, 3.63) is 28.2 Å². The molecule has 1 aromatic rings. The third-order valence-corrected chi connectivity index (χ3v) is 3.66. The number of carbonyl (C=O) groups excluding carboxylic acids is 1. The summed E-state index contributed by atoms with van der Waals surface area (Å²) in [5, 5.41) is 3.45. The molecule has 1 amide bonds. The quantitative estimate of drug-likeness (QED) is 0.753. The van der Waals surface area contributed by atoms with Gasteiger partial charge in [0.25, 0.3) is 0 Å². The second-order valence-electron chi connectivity index (χ2n) is 5.99. The van der Waals surface area contributed by atoms with Gasteiger partial charge < -0.3 is 16.0 Å².